The SMILES string of the molecule is CC(=O)N1CC[C@H](n2cc(-c3cnc4[nH]ccc4c3NC3CC3)cn2)[C@@H](F)C1.CC(=O)N1CC[C@H](n2cc(-c3cnc4[nH]ccc4c3NC3CCCC3)cn2)[C@@H](F)C1.COCCNc1c(-c2cnn([C@H]3CCN(C(C)=O)C[C@@H]3F)c2)cnc2[nH]ccc12. The minimum Gasteiger partial charge on any atom is -0.383 e. The van der Waals surface area contributed by atoms with E-state index in [2.05, 4.69) is 61.2 Å². The number of alkyl halides is 3. The van der Waals surface area contributed by atoms with E-state index in [1.54, 1.807) is 60.6 Å². The first-order valence-corrected chi connectivity index (χ1v) is 30.2. The number of H-pyrrole nitrogens is 3. The molecule has 0 radical (unpaired) electrons. The molecule has 0 unspecified atom stereocenters. The van der Waals surface area contributed by atoms with Crippen LogP contribution in [0.1, 0.15) is 96.7 Å². The molecule has 87 heavy (non-hydrogen) atoms. The number of rotatable bonds is 14. The predicted molar refractivity (Wildman–Crippen MR) is 327 cm³/mol. The number of methoxy groups -OCH3 is 1. The summed E-state index contributed by atoms with van der Waals surface area (Å²) in [4.78, 5) is 62.3. The molecule has 2 aliphatic carbocycles. The molecule has 25 heteroatoms. The molecule has 458 valence electrons. The van der Waals surface area contributed by atoms with E-state index in [1.807, 2.05) is 67.8 Å². The number of aromatic nitrogens is 12. The maximum absolute atomic E-state index is 14.8. The topological polar surface area (TPSA) is 246 Å². The number of carbonyl (C=O) groups is 3. The first kappa shape index (κ1) is 58.6. The molecule has 6 atom stereocenters. The zero-order valence-corrected chi connectivity index (χ0v) is 49.4. The molecule has 6 N–H and O–H groups in total. The van der Waals surface area contributed by atoms with Gasteiger partial charge >= 0.3 is 0 Å². The highest BCUT2D eigenvalue weighted by Crippen LogP contribution is 2.40. The maximum Gasteiger partial charge on any atom is 0.219 e. The van der Waals surface area contributed by atoms with E-state index in [4.69, 9.17) is 4.74 Å². The van der Waals surface area contributed by atoms with Gasteiger partial charge in [-0.1, -0.05) is 12.8 Å². The number of nitrogens with zero attached hydrogens (tertiary/aromatic N) is 12. The molecule has 3 saturated heterocycles. The molecular weight excluding hydrogens is 1120 g/mol. The van der Waals surface area contributed by atoms with Crippen LogP contribution < -0.4 is 16.0 Å². The summed E-state index contributed by atoms with van der Waals surface area (Å²) in [6.07, 6.45) is 27.6. The minimum absolute atomic E-state index is 0.0780. The van der Waals surface area contributed by atoms with Crippen LogP contribution in [0.15, 0.2) is 92.6 Å². The fourth-order valence-electron chi connectivity index (χ4n) is 12.6. The van der Waals surface area contributed by atoms with Crippen molar-refractivity contribution in [2.75, 3.05) is 75.5 Å². The third-order valence-corrected chi connectivity index (χ3v) is 17.6. The number of halogens is 3. The van der Waals surface area contributed by atoms with Crippen molar-refractivity contribution in [1.29, 1.82) is 0 Å². The summed E-state index contributed by atoms with van der Waals surface area (Å²) in [6.45, 7) is 7.68. The van der Waals surface area contributed by atoms with E-state index in [0.29, 0.717) is 64.1 Å². The fraction of sp³-hybridized carbons (Fsp3) is 0.468. The van der Waals surface area contributed by atoms with E-state index < -0.39 is 18.5 Å². The van der Waals surface area contributed by atoms with Crippen LogP contribution in [0.2, 0.25) is 0 Å². The molecule has 2 saturated carbocycles. The predicted octanol–water partition coefficient (Wildman–Crippen LogP) is 9.66. The van der Waals surface area contributed by atoms with E-state index in [-0.39, 0.29) is 55.5 Å². The van der Waals surface area contributed by atoms with Gasteiger partial charge in [-0.3, -0.25) is 28.4 Å². The summed E-state index contributed by atoms with van der Waals surface area (Å²) in [6, 6.07) is 5.91. The van der Waals surface area contributed by atoms with Crippen LogP contribution in [0.4, 0.5) is 30.2 Å². The number of fused-ring (bicyclic) bond motifs is 3. The summed E-state index contributed by atoms with van der Waals surface area (Å²) in [5.74, 6) is -0.250. The van der Waals surface area contributed by atoms with Crippen LogP contribution in [0.25, 0.3) is 66.5 Å². The highest BCUT2D eigenvalue weighted by Gasteiger charge is 2.36. The van der Waals surface area contributed by atoms with Gasteiger partial charge in [0.2, 0.25) is 17.7 Å². The van der Waals surface area contributed by atoms with Gasteiger partial charge in [-0.15, -0.1) is 0 Å². The van der Waals surface area contributed by atoms with Crippen molar-refractivity contribution in [3.8, 4) is 33.4 Å². The quantitative estimate of drug-likeness (QED) is 0.0556. The molecular formula is C62H75F3N18O4. The van der Waals surface area contributed by atoms with Gasteiger partial charge in [0.15, 0.2) is 0 Å². The Balaban J connectivity index is 0.000000127. The second-order valence-corrected chi connectivity index (χ2v) is 23.5. The number of hydrogen-bond donors (Lipinski definition) is 6. The van der Waals surface area contributed by atoms with Gasteiger partial charge in [0.25, 0.3) is 0 Å². The van der Waals surface area contributed by atoms with Crippen molar-refractivity contribution in [2.45, 2.75) is 127 Å². The summed E-state index contributed by atoms with van der Waals surface area (Å²) in [7, 11) is 1.66. The lowest BCUT2D eigenvalue weighted by Crippen LogP contribution is -2.44. The molecule has 22 nitrogen and oxygen atoms in total. The van der Waals surface area contributed by atoms with Crippen molar-refractivity contribution in [1.82, 2.24) is 73.9 Å². The molecule has 0 aromatic carbocycles. The molecule has 12 heterocycles. The summed E-state index contributed by atoms with van der Waals surface area (Å²) in [5.41, 5.74) is 11.1. The zero-order chi connectivity index (χ0) is 60.3. The smallest absolute Gasteiger partial charge is 0.219 e. The number of carbonyl (C=O) groups excluding carboxylic acids is 3. The molecule has 3 amide bonds. The fourth-order valence-corrected chi connectivity index (χ4v) is 12.6. The van der Waals surface area contributed by atoms with E-state index in [0.717, 1.165) is 83.5 Å². The number of nitrogens with one attached hydrogen (secondary N) is 6. The average molecular weight is 1190 g/mol. The van der Waals surface area contributed by atoms with Gasteiger partial charge in [-0.2, -0.15) is 15.3 Å². The van der Waals surface area contributed by atoms with Crippen LogP contribution >= 0.6 is 0 Å². The molecule has 5 aliphatic rings. The number of aromatic amines is 3. The molecule has 9 aromatic heterocycles. The van der Waals surface area contributed by atoms with Crippen molar-refractivity contribution in [2.24, 2.45) is 0 Å². The Labute approximate surface area is 501 Å². The Bertz CT molecular complexity index is 3860. The largest absolute Gasteiger partial charge is 0.383 e. The lowest BCUT2D eigenvalue weighted by Gasteiger charge is -2.34. The van der Waals surface area contributed by atoms with Gasteiger partial charge in [-0.25, -0.2) is 28.1 Å². The van der Waals surface area contributed by atoms with Crippen molar-refractivity contribution >= 4 is 67.9 Å². The second-order valence-electron chi connectivity index (χ2n) is 23.5. The number of pyridine rings is 3. The van der Waals surface area contributed by atoms with Crippen LogP contribution in [-0.4, -0.2) is 182 Å². The average Bonchev–Trinajstić information content (AvgIpc) is 1.98. The van der Waals surface area contributed by atoms with Gasteiger partial charge < -0.3 is 50.3 Å². The Hall–Kier alpha value is -8.74. The van der Waals surface area contributed by atoms with Crippen LogP contribution in [0.5, 0.6) is 0 Å². The molecule has 3 aliphatic heterocycles. The van der Waals surface area contributed by atoms with Crippen molar-refractivity contribution in [3.05, 3.63) is 92.6 Å². The molecule has 0 bridgehead atoms. The monoisotopic (exact) mass is 1190 g/mol. The Morgan fingerprint density at radius 3 is 1.22 bits per heavy atom. The summed E-state index contributed by atoms with van der Waals surface area (Å²) in [5, 5.41) is 27.2. The number of hydrogen-bond acceptors (Lipinski definition) is 13. The lowest BCUT2D eigenvalue weighted by atomic mass is 10.0. The summed E-state index contributed by atoms with van der Waals surface area (Å²) < 4.78 is 54.5. The summed E-state index contributed by atoms with van der Waals surface area (Å²) >= 11 is 0. The first-order valence-electron chi connectivity index (χ1n) is 30.2. The zero-order valence-electron chi connectivity index (χ0n) is 49.4. The lowest BCUT2D eigenvalue weighted by molar-refractivity contribution is -0.132. The van der Waals surface area contributed by atoms with Gasteiger partial charge in [-0.05, 0) is 63.1 Å². The van der Waals surface area contributed by atoms with Crippen LogP contribution in [0.3, 0.4) is 0 Å². The Morgan fingerprint density at radius 1 is 0.517 bits per heavy atom. The second kappa shape index (κ2) is 25.7. The Kier molecular flexibility index (Phi) is 17.3. The third kappa shape index (κ3) is 12.8. The third-order valence-electron chi connectivity index (χ3n) is 17.6. The van der Waals surface area contributed by atoms with Crippen molar-refractivity contribution < 1.29 is 32.3 Å². The molecule has 14 rings (SSSR count). The minimum atomic E-state index is -1.15. The normalized spacial score (nSPS) is 21.6. The van der Waals surface area contributed by atoms with Crippen LogP contribution in [0, 0.1) is 0 Å². The highest BCUT2D eigenvalue weighted by atomic mass is 19.1. The molecule has 9 aromatic rings. The van der Waals surface area contributed by atoms with Gasteiger partial charge in [0, 0.05) is 171 Å². The number of likely N-dealkylation sites (tertiary alicyclic amines) is 3. The Morgan fingerprint density at radius 2 is 0.874 bits per heavy atom. The standard InChI is InChI=1S/C22H27FN6O.C20H25FN6O2.C20H23FN6O/c1-14(30)28-9-7-20(19(23)13-28)29-12-15(10-26-29)18-11-25-22-17(6-8-24-22)21(18)27-16-4-2-3-5-16;1-13(28)26-7-4-18(17(21)12-26)27-11-14(9-25-27)16-10-24-20-15(3-5-23-20)19(16)22-6-8-29-2;1-12(28)26-7-5-18(17(21)11-26)27-10-13(8-24-27)16-9-23-20-15(4-6-22-20)19(16)25-14-2-3-14/h6,8,10-12,16,19-20H,2-5,7,9,13H2,1H3,(H2,24,25,27);3,5,9-11,17-18H,4,6-8,12H2,1-2H3,(H2,22,23,24);4,6,8-10,14,17-18H,2-3,5,7,11H2,1H3,(H2,22,23,25)/t19-,20-;2*17-,18-/m000/s1. The van der Waals surface area contributed by atoms with Gasteiger partial charge in [0.05, 0.1) is 80.0 Å². The van der Waals surface area contributed by atoms with E-state index in [9.17, 15) is 27.6 Å². The number of anilines is 3. The molecule has 5 fully saturated rings. The van der Waals surface area contributed by atoms with E-state index in [1.165, 1.54) is 59.3 Å². The van der Waals surface area contributed by atoms with Gasteiger partial charge in [0.1, 0.15) is 35.5 Å². The maximum atomic E-state index is 14.8. The number of amides is 3. The number of ether oxygens (including phenoxy) is 1. The van der Waals surface area contributed by atoms with E-state index >= 15 is 0 Å². The van der Waals surface area contributed by atoms with Crippen LogP contribution in [-0.2, 0) is 19.1 Å². The van der Waals surface area contributed by atoms with Crippen molar-refractivity contribution in [3.63, 3.8) is 0 Å². The highest BCUT2D eigenvalue weighted by molar-refractivity contribution is 6.00. The number of piperidine rings is 3. The first-order chi connectivity index (χ1) is 42.3. The molecule has 0 spiro atoms.